The molecule has 6 heteroatoms. The molecule has 0 aliphatic heterocycles. The van der Waals surface area contributed by atoms with Crippen molar-refractivity contribution >= 4 is 10.0 Å². The van der Waals surface area contributed by atoms with Gasteiger partial charge < -0.3 is 9.73 Å². The lowest BCUT2D eigenvalue weighted by Crippen LogP contribution is -2.32. The standard InChI is InChI=1S/C15H24N2O3S/c1-10-13(8-16-3)14(11(2)20-10)21(18,19)17-9-15(6-7-15)12-4-5-12/h12,16-17H,4-9H2,1-3H3. The van der Waals surface area contributed by atoms with Crippen LogP contribution in [0.4, 0.5) is 0 Å². The summed E-state index contributed by atoms with van der Waals surface area (Å²) in [4.78, 5) is 0.320. The Hall–Kier alpha value is -0.850. The Balaban J connectivity index is 1.81. The van der Waals surface area contributed by atoms with Gasteiger partial charge in [0.25, 0.3) is 0 Å². The Morgan fingerprint density at radius 2 is 1.90 bits per heavy atom. The monoisotopic (exact) mass is 312 g/mol. The number of hydrogen-bond acceptors (Lipinski definition) is 4. The first-order chi connectivity index (χ1) is 9.89. The molecule has 0 aromatic carbocycles. The topological polar surface area (TPSA) is 71.3 Å². The number of rotatable bonds is 7. The largest absolute Gasteiger partial charge is 0.465 e. The average molecular weight is 312 g/mol. The number of sulfonamides is 1. The predicted molar refractivity (Wildman–Crippen MR) is 80.5 cm³/mol. The van der Waals surface area contributed by atoms with E-state index in [1.54, 1.807) is 14.0 Å². The van der Waals surface area contributed by atoms with E-state index in [9.17, 15) is 8.42 Å². The quantitative estimate of drug-likeness (QED) is 0.808. The highest BCUT2D eigenvalue weighted by molar-refractivity contribution is 7.89. The molecule has 0 spiro atoms. The van der Waals surface area contributed by atoms with E-state index in [1.807, 2.05) is 6.92 Å². The molecule has 0 radical (unpaired) electrons. The van der Waals surface area contributed by atoms with Gasteiger partial charge in [-0.15, -0.1) is 0 Å². The van der Waals surface area contributed by atoms with Crippen molar-refractivity contribution in [3.63, 3.8) is 0 Å². The van der Waals surface area contributed by atoms with Gasteiger partial charge in [-0.2, -0.15) is 0 Å². The van der Waals surface area contributed by atoms with E-state index in [-0.39, 0.29) is 5.41 Å². The molecule has 2 N–H and O–H groups in total. The zero-order valence-electron chi connectivity index (χ0n) is 13.0. The van der Waals surface area contributed by atoms with Crippen LogP contribution in [-0.2, 0) is 16.6 Å². The fraction of sp³-hybridized carbons (Fsp3) is 0.733. The second-order valence-electron chi connectivity index (χ2n) is 6.51. The van der Waals surface area contributed by atoms with Crippen molar-refractivity contribution in [1.29, 1.82) is 0 Å². The maximum absolute atomic E-state index is 12.7. The van der Waals surface area contributed by atoms with Gasteiger partial charge >= 0.3 is 0 Å². The Morgan fingerprint density at radius 3 is 2.43 bits per heavy atom. The molecule has 1 heterocycles. The minimum absolute atomic E-state index is 0.253. The van der Waals surface area contributed by atoms with Crippen LogP contribution >= 0.6 is 0 Å². The van der Waals surface area contributed by atoms with Gasteiger partial charge in [-0.25, -0.2) is 13.1 Å². The number of hydrogen-bond donors (Lipinski definition) is 2. The number of nitrogens with one attached hydrogen (secondary N) is 2. The lowest BCUT2D eigenvalue weighted by atomic mass is 10.0. The minimum Gasteiger partial charge on any atom is -0.465 e. The van der Waals surface area contributed by atoms with Crippen LogP contribution in [0.15, 0.2) is 9.31 Å². The smallest absolute Gasteiger partial charge is 0.244 e. The number of aryl methyl sites for hydroxylation is 2. The van der Waals surface area contributed by atoms with Gasteiger partial charge in [0.2, 0.25) is 10.0 Å². The van der Waals surface area contributed by atoms with Crippen LogP contribution in [0.5, 0.6) is 0 Å². The van der Waals surface area contributed by atoms with Gasteiger partial charge in [0.1, 0.15) is 16.4 Å². The molecular weight excluding hydrogens is 288 g/mol. The van der Waals surface area contributed by atoms with Crippen molar-refractivity contribution in [3.05, 3.63) is 17.1 Å². The highest BCUT2D eigenvalue weighted by atomic mass is 32.2. The van der Waals surface area contributed by atoms with Crippen molar-refractivity contribution in [2.75, 3.05) is 13.6 Å². The van der Waals surface area contributed by atoms with E-state index >= 15 is 0 Å². The molecule has 21 heavy (non-hydrogen) atoms. The Bertz CT molecular complexity index is 640. The van der Waals surface area contributed by atoms with E-state index in [2.05, 4.69) is 10.0 Å². The first-order valence-electron chi connectivity index (χ1n) is 7.63. The van der Waals surface area contributed by atoms with Crippen LogP contribution < -0.4 is 10.0 Å². The molecule has 0 atom stereocenters. The summed E-state index contributed by atoms with van der Waals surface area (Å²) in [6, 6.07) is 0. The second-order valence-corrected chi connectivity index (χ2v) is 8.22. The van der Waals surface area contributed by atoms with E-state index in [0.29, 0.717) is 29.5 Å². The maximum atomic E-state index is 12.7. The molecule has 118 valence electrons. The molecule has 0 unspecified atom stereocenters. The first-order valence-corrected chi connectivity index (χ1v) is 9.11. The Labute approximate surface area is 126 Å². The number of furan rings is 1. The van der Waals surface area contributed by atoms with Crippen LogP contribution in [0.1, 0.15) is 42.8 Å². The highest BCUT2D eigenvalue weighted by Crippen LogP contribution is 2.60. The molecule has 3 rings (SSSR count). The summed E-state index contributed by atoms with van der Waals surface area (Å²) in [5.74, 6) is 1.89. The van der Waals surface area contributed by atoms with E-state index in [4.69, 9.17) is 4.42 Å². The molecule has 2 aliphatic rings. The molecular formula is C15H24N2O3S. The van der Waals surface area contributed by atoms with Crippen molar-refractivity contribution < 1.29 is 12.8 Å². The van der Waals surface area contributed by atoms with Crippen LogP contribution in [0, 0.1) is 25.2 Å². The Kier molecular flexibility index (Phi) is 3.66. The van der Waals surface area contributed by atoms with Gasteiger partial charge in [0, 0.05) is 18.7 Å². The SMILES string of the molecule is CNCc1c(C)oc(C)c1S(=O)(=O)NCC1(C2CC2)CC1. The molecule has 0 bridgehead atoms. The normalized spacial score (nSPS) is 20.7. The van der Waals surface area contributed by atoms with Crippen LogP contribution in [0.3, 0.4) is 0 Å². The predicted octanol–water partition coefficient (Wildman–Crippen LogP) is 2.08. The molecule has 1 aromatic rings. The third-order valence-electron chi connectivity index (χ3n) is 4.90. The van der Waals surface area contributed by atoms with Crippen LogP contribution in [0.2, 0.25) is 0 Å². The van der Waals surface area contributed by atoms with Gasteiger partial charge in [0.05, 0.1) is 0 Å². The van der Waals surface area contributed by atoms with Crippen molar-refractivity contribution in [2.24, 2.45) is 11.3 Å². The Morgan fingerprint density at radius 1 is 1.24 bits per heavy atom. The lowest BCUT2D eigenvalue weighted by molar-refractivity contribution is 0.431. The van der Waals surface area contributed by atoms with Crippen molar-refractivity contribution in [1.82, 2.24) is 10.0 Å². The molecule has 2 fully saturated rings. The van der Waals surface area contributed by atoms with Gasteiger partial charge in [-0.05, 0) is 57.9 Å². The first kappa shape index (κ1) is 15.1. The molecule has 5 nitrogen and oxygen atoms in total. The summed E-state index contributed by atoms with van der Waals surface area (Å²) >= 11 is 0. The molecule has 0 saturated heterocycles. The highest BCUT2D eigenvalue weighted by Gasteiger charge is 2.53. The van der Waals surface area contributed by atoms with Crippen LogP contribution in [0.25, 0.3) is 0 Å². The van der Waals surface area contributed by atoms with Crippen LogP contribution in [-0.4, -0.2) is 22.0 Å². The molecule has 2 saturated carbocycles. The summed E-state index contributed by atoms with van der Waals surface area (Å²) in [5, 5.41) is 3.01. The summed E-state index contributed by atoms with van der Waals surface area (Å²) in [6.45, 7) is 4.59. The third-order valence-corrected chi connectivity index (χ3v) is 6.49. The van der Waals surface area contributed by atoms with Gasteiger partial charge in [-0.3, -0.25) is 0 Å². The summed E-state index contributed by atoms with van der Waals surface area (Å²) in [6.07, 6.45) is 4.84. The van der Waals surface area contributed by atoms with E-state index < -0.39 is 10.0 Å². The minimum atomic E-state index is -3.51. The van der Waals surface area contributed by atoms with Gasteiger partial charge in [-0.1, -0.05) is 0 Å². The zero-order valence-corrected chi connectivity index (χ0v) is 13.8. The summed E-state index contributed by atoms with van der Waals surface area (Å²) in [5.41, 5.74) is 0.988. The lowest BCUT2D eigenvalue weighted by Gasteiger charge is -2.15. The maximum Gasteiger partial charge on any atom is 0.244 e. The fourth-order valence-corrected chi connectivity index (χ4v) is 4.92. The molecule has 2 aliphatic carbocycles. The average Bonchev–Trinajstić information content (AvgIpc) is 3.27. The zero-order chi connectivity index (χ0) is 15.3. The summed E-state index contributed by atoms with van der Waals surface area (Å²) in [7, 11) is -1.70. The van der Waals surface area contributed by atoms with E-state index in [0.717, 1.165) is 24.3 Å². The van der Waals surface area contributed by atoms with E-state index in [1.165, 1.54) is 12.8 Å². The van der Waals surface area contributed by atoms with Crippen molar-refractivity contribution in [3.8, 4) is 0 Å². The molecule has 0 amide bonds. The third kappa shape index (κ3) is 2.76. The second kappa shape index (κ2) is 5.11. The molecule has 1 aromatic heterocycles. The van der Waals surface area contributed by atoms with Gasteiger partial charge in [0.15, 0.2) is 0 Å². The fourth-order valence-electron chi connectivity index (χ4n) is 3.34. The summed E-state index contributed by atoms with van der Waals surface area (Å²) < 4.78 is 33.7. The van der Waals surface area contributed by atoms with Crippen molar-refractivity contribution in [2.45, 2.75) is 51.0 Å².